The Morgan fingerprint density at radius 1 is 1.29 bits per heavy atom. The number of likely N-dealkylation sites (N-methyl/N-ethyl adjacent to an activating group) is 1. The highest BCUT2D eigenvalue weighted by Gasteiger charge is 2.16. The molecule has 1 amide bonds. The molecule has 0 aliphatic rings. The summed E-state index contributed by atoms with van der Waals surface area (Å²) in [5.74, 6) is -0.0639. The van der Waals surface area contributed by atoms with Crippen LogP contribution in [0.4, 0.5) is 0 Å². The van der Waals surface area contributed by atoms with Crippen LogP contribution in [0.25, 0.3) is 0 Å². The maximum absolute atomic E-state index is 11.7. The number of carbonyl (C=O) groups is 1. The largest absolute Gasteiger partial charge is 0.348 e. The molecule has 17 heavy (non-hydrogen) atoms. The van der Waals surface area contributed by atoms with Crippen molar-refractivity contribution in [1.29, 1.82) is 0 Å². The van der Waals surface area contributed by atoms with E-state index in [1.807, 2.05) is 13.0 Å². The number of amides is 1. The minimum atomic E-state index is -0.233. The molecule has 0 saturated carbocycles. The van der Waals surface area contributed by atoms with Gasteiger partial charge >= 0.3 is 0 Å². The summed E-state index contributed by atoms with van der Waals surface area (Å²) in [6.07, 6.45) is 0. The van der Waals surface area contributed by atoms with Gasteiger partial charge in [0.05, 0.1) is 12.1 Å². The Labute approximate surface area is 111 Å². The van der Waals surface area contributed by atoms with Gasteiger partial charge < -0.3 is 10.6 Å². The second-order valence-electron chi connectivity index (χ2n) is 3.91. The van der Waals surface area contributed by atoms with Gasteiger partial charge in [-0.1, -0.05) is 29.3 Å². The highest BCUT2D eigenvalue weighted by atomic mass is 35.5. The van der Waals surface area contributed by atoms with Crippen molar-refractivity contribution in [3.05, 3.63) is 33.8 Å². The van der Waals surface area contributed by atoms with Gasteiger partial charge in [-0.25, -0.2) is 0 Å². The van der Waals surface area contributed by atoms with Gasteiger partial charge in [0, 0.05) is 10.0 Å². The third-order valence-electron chi connectivity index (χ3n) is 2.61. The van der Waals surface area contributed by atoms with Gasteiger partial charge in [-0.3, -0.25) is 4.79 Å². The molecule has 0 heterocycles. The molecule has 1 aromatic rings. The average molecular weight is 275 g/mol. The van der Waals surface area contributed by atoms with E-state index in [0.717, 1.165) is 5.56 Å². The summed E-state index contributed by atoms with van der Waals surface area (Å²) in [5.41, 5.74) is 0.854. The topological polar surface area (TPSA) is 41.1 Å². The Bertz CT molecular complexity index is 409. The molecule has 0 radical (unpaired) electrons. The van der Waals surface area contributed by atoms with Crippen LogP contribution in [0.3, 0.4) is 0 Å². The molecule has 1 aromatic carbocycles. The zero-order valence-corrected chi connectivity index (χ0v) is 11.6. The van der Waals surface area contributed by atoms with E-state index in [-0.39, 0.29) is 18.0 Å². The Kier molecular flexibility index (Phi) is 5.25. The lowest BCUT2D eigenvalue weighted by Crippen LogP contribution is -2.41. The van der Waals surface area contributed by atoms with Gasteiger partial charge in [0.1, 0.15) is 0 Å². The van der Waals surface area contributed by atoms with Crippen LogP contribution in [-0.2, 0) is 4.79 Å². The fourth-order valence-corrected chi connectivity index (χ4v) is 1.97. The summed E-state index contributed by atoms with van der Waals surface area (Å²) in [4.78, 5) is 11.7. The lowest BCUT2D eigenvalue weighted by molar-refractivity contribution is -0.123. The van der Waals surface area contributed by atoms with Crippen LogP contribution in [-0.4, -0.2) is 19.0 Å². The van der Waals surface area contributed by atoms with Crippen molar-refractivity contribution in [2.75, 3.05) is 7.05 Å². The first-order chi connectivity index (χ1) is 7.95. The molecule has 1 rings (SSSR count). The molecular formula is C12H16Cl2N2O. The first-order valence-corrected chi connectivity index (χ1v) is 6.14. The van der Waals surface area contributed by atoms with E-state index in [0.29, 0.717) is 10.0 Å². The molecule has 0 aromatic heterocycles. The maximum Gasteiger partial charge on any atom is 0.237 e. The zero-order chi connectivity index (χ0) is 13.0. The van der Waals surface area contributed by atoms with Gasteiger partial charge in [0.15, 0.2) is 0 Å². The first kappa shape index (κ1) is 14.3. The van der Waals surface area contributed by atoms with Crippen LogP contribution in [0.2, 0.25) is 10.0 Å². The Morgan fingerprint density at radius 3 is 2.47 bits per heavy atom. The van der Waals surface area contributed by atoms with Crippen LogP contribution >= 0.6 is 23.2 Å². The van der Waals surface area contributed by atoms with Crippen molar-refractivity contribution in [2.24, 2.45) is 0 Å². The molecule has 2 unspecified atom stereocenters. The minimum Gasteiger partial charge on any atom is -0.348 e. The predicted octanol–water partition coefficient (Wildman–Crippen LogP) is 2.78. The summed E-state index contributed by atoms with van der Waals surface area (Å²) in [7, 11) is 1.74. The maximum atomic E-state index is 11.7. The van der Waals surface area contributed by atoms with Crippen LogP contribution < -0.4 is 10.6 Å². The molecule has 2 N–H and O–H groups in total. The molecule has 0 fully saturated rings. The van der Waals surface area contributed by atoms with Crippen molar-refractivity contribution in [2.45, 2.75) is 25.9 Å². The number of carbonyl (C=O) groups excluding carboxylic acids is 1. The SMILES string of the molecule is CNC(C)C(=O)NC(C)c1ccc(Cl)cc1Cl. The molecule has 3 nitrogen and oxygen atoms in total. The van der Waals surface area contributed by atoms with Gasteiger partial charge in [-0.05, 0) is 38.6 Å². The number of benzene rings is 1. The van der Waals surface area contributed by atoms with Crippen molar-refractivity contribution < 1.29 is 4.79 Å². The standard InChI is InChI=1S/C12H16Cl2N2O/c1-7(16-12(17)8(2)15-3)10-5-4-9(13)6-11(10)14/h4-8,15H,1-3H3,(H,16,17). The van der Waals surface area contributed by atoms with E-state index in [2.05, 4.69) is 10.6 Å². The molecule has 0 spiro atoms. The highest BCUT2D eigenvalue weighted by molar-refractivity contribution is 6.35. The summed E-state index contributed by atoms with van der Waals surface area (Å²) in [6.45, 7) is 3.68. The molecule has 94 valence electrons. The second-order valence-corrected chi connectivity index (χ2v) is 4.75. The lowest BCUT2D eigenvalue weighted by atomic mass is 10.1. The Balaban J connectivity index is 2.76. The van der Waals surface area contributed by atoms with E-state index < -0.39 is 0 Å². The normalized spacial score (nSPS) is 14.2. The average Bonchev–Trinajstić information content (AvgIpc) is 2.27. The van der Waals surface area contributed by atoms with E-state index in [9.17, 15) is 4.79 Å². The summed E-state index contributed by atoms with van der Waals surface area (Å²) in [6, 6.07) is 4.86. The lowest BCUT2D eigenvalue weighted by Gasteiger charge is -2.18. The molecule has 0 aliphatic heterocycles. The fourth-order valence-electron chi connectivity index (χ4n) is 1.40. The minimum absolute atomic E-state index is 0.0639. The molecule has 0 bridgehead atoms. The smallest absolute Gasteiger partial charge is 0.237 e. The second kappa shape index (κ2) is 6.24. The monoisotopic (exact) mass is 274 g/mol. The number of halogens is 2. The number of hydrogen-bond donors (Lipinski definition) is 2. The van der Waals surface area contributed by atoms with Crippen LogP contribution in [0, 0.1) is 0 Å². The quantitative estimate of drug-likeness (QED) is 0.887. The fraction of sp³-hybridized carbons (Fsp3) is 0.417. The number of nitrogens with one attached hydrogen (secondary N) is 2. The van der Waals surface area contributed by atoms with E-state index in [1.165, 1.54) is 0 Å². The van der Waals surface area contributed by atoms with E-state index in [1.54, 1.807) is 26.1 Å². The van der Waals surface area contributed by atoms with Crippen LogP contribution in [0.15, 0.2) is 18.2 Å². The predicted molar refractivity (Wildman–Crippen MR) is 71.5 cm³/mol. The molecular weight excluding hydrogens is 259 g/mol. The third-order valence-corrected chi connectivity index (χ3v) is 3.18. The van der Waals surface area contributed by atoms with Gasteiger partial charge in [-0.2, -0.15) is 0 Å². The zero-order valence-electron chi connectivity index (χ0n) is 10.1. The van der Waals surface area contributed by atoms with Gasteiger partial charge in [0.2, 0.25) is 5.91 Å². The van der Waals surface area contributed by atoms with E-state index in [4.69, 9.17) is 23.2 Å². The van der Waals surface area contributed by atoms with Crippen molar-refractivity contribution in [1.82, 2.24) is 10.6 Å². The summed E-state index contributed by atoms with van der Waals surface area (Å²) in [5, 5.41) is 6.90. The molecule has 0 saturated heterocycles. The summed E-state index contributed by atoms with van der Waals surface area (Å²) < 4.78 is 0. The van der Waals surface area contributed by atoms with Crippen molar-refractivity contribution >= 4 is 29.1 Å². The van der Waals surface area contributed by atoms with Crippen molar-refractivity contribution in [3.8, 4) is 0 Å². The first-order valence-electron chi connectivity index (χ1n) is 5.38. The van der Waals surface area contributed by atoms with Crippen molar-refractivity contribution in [3.63, 3.8) is 0 Å². The highest BCUT2D eigenvalue weighted by Crippen LogP contribution is 2.25. The van der Waals surface area contributed by atoms with Gasteiger partial charge in [0.25, 0.3) is 0 Å². The van der Waals surface area contributed by atoms with E-state index >= 15 is 0 Å². The Morgan fingerprint density at radius 2 is 1.94 bits per heavy atom. The van der Waals surface area contributed by atoms with Gasteiger partial charge in [-0.15, -0.1) is 0 Å². The summed E-state index contributed by atoms with van der Waals surface area (Å²) >= 11 is 11.9. The molecule has 2 atom stereocenters. The third kappa shape index (κ3) is 3.87. The van der Waals surface area contributed by atoms with Crippen LogP contribution in [0.5, 0.6) is 0 Å². The Hall–Kier alpha value is -0.770. The molecule has 0 aliphatic carbocycles. The number of hydrogen-bond acceptors (Lipinski definition) is 2. The molecule has 5 heteroatoms. The van der Waals surface area contributed by atoms with Crippen LogP contribution in [0.1, 0.15) is 25.5 Å². The number of rotatable bonds is 4.